The normalized spacial score (nSPS) is 12.5. The highest BCUT2D eigenvalue weighted by atomic mass is 19.1. The van der Waals surface area contributed by atoms with Crippen molar-refractivity contribution in [1.29, 1.82) is 0 Å². The Morgan fingerprint density at radius 1 is 0.909 bits per heavy atom. The van der Waals surface area contributed by atoms with Crippen molar-refractivity contribution in [3.8, 4) is 5.69 Å². The van der Waals surface area contributed by atoms with E-state index in [0.29, 0.717) is 22.9 Å². The van der Waals surface area contributed by atoms with E-state index in [2.05, 4.69) is 21.0 Å². The van der Waals surface area contributed by atoms with Gasteiger partial charge in [0.15, 0.2) is 11.4 Å². The Labute approximate surface area is 186 Å². The Bertz CT molecular complexity index is 1470. The number of amides is 2. The fourth-order valence-corrected chi connectivity index (χ4v) is 4.11. The summed E-state index contributed by atoms with van der Waals surface area (Å²) in [5.41, 5.74) is 7.00. The number of carbonyl (C=O) groups is 2. The molecule has 0 fully saturated rings. The first-order valence-electron chi connectivity index (χ1n) is 10.4. The van der Waals surface area contributed by atoms with Crippen molar-refractivity contribution in [1.82, 2.24) is 30.4 Å². The van der Waals surface area contributed by atoms with Gasteiger partial charge in [-0.15, -0.1) is 0 Å². The van der Waals surface area contributed by atoms with E-state index in [1.54, 1.807) is 41.1 Å². The monoisotopic (exact) mass is 446 g/mol. The minimum atomic E-state index is -0.662. The van der Waals surface area contributed by atoms with Gasteiger partial charge in [0, 0.05) is 23.7 Å². The average molecular weight is 446 g/mol. The van der Waals surface area contributed by atoms with Gasteiger partial charge in [0.05, 0.1) is 11.1 Å². The molecule has 0 saturated heterocycles. The van der Waals surface area contributed by atoms with E-state index < -0.39 is 11.8 Å². The fourth-order valence-electron chi connectivity index (χ4n) is 4.11. The van der Waals surface area contributed by atoms with Gasteiger partial charge in [-0.1, -0.05) is 18.2 Å². The number of hydrogen-bond acceptors (Lipinski definition) is 5. The topological polar surface area (TPSA) is 111 Å². The van der Waals surface area contributed by atoms with Crippen molar-refractivity contribution >= 4 is 22.6 Å². The number of fused-ring (bicyclic) bond motifs is 2. The molecule has 2 aromatic heterocycles. The molecule has 0 spiro atoms. The van der Waals surface area contributed by atoms with Gasteiger partial charge in [0.2, 0.25) is 0 Å². The number of nitrogens with one attached hydrogen (secondary N) is 2. The molecule has 0 bridgehead atoms. The van der Waals surface area contributed by atoms with Crippen LogP contribution < -0.4 is 16.4 Å². The number of nitrogens with zero attached hydrogens (tertiary/aromatic N) is 4. The molecule has 0 unspecified atom stereocenters. The second kappa shape index (κ2) is 7.97. The van der Waals surface area contributed by atoms with Crippen LogP contribution in [0.4, 0.5) is 4.39 Å². The van der Waals surface area contributed by atoms with Crippen molar-refractivity contribution < 1.29 is 14.0 Å². The number of aryl methyl sites for hydroxylation is 1. The summed E-state index contributed by atoms with van der Waals surface area (Å²) >= 11 is 0. The van der Waals surface area contributed by atoms with Crippen LogP contribution in [0.2, 0.25) is 0 Å². The lowest BCUT2D eigenvalue weighted by Gasteiger charge is -2.09. The molecule has 10 heteroatoms. The van der Waals surface area contributed by atoms with Crippen LogP contribution in [0.15, 0.2) is 53.3 Å². The van der Waals surface area contributed by atoms with Gasteiger partial charge in [-0.05, 0) is 49.6 Å². The zero-order valence-electron chi connectivity index (χ0n) is 17.6. The van der Waals surface area contributed by atoms with Crippen LogP contribution in [0.5, 0.6) is 0 Å². The SMILES string of the molecule is Cn1nc(C(=O)NNC(=O)c2nn(-c3ccc(F)cc3)c3c2CCC3)c2ccccc2c1=O. The molecule has 0 atom stereocenters. The van der Waals surface area contributed by atoms with Crippen LogP contribution in [0.1, 0.15) is 38.7 Å². The molecule has 0 radical (unpaired) electrons. The van der Waals surface area contributed by atoms with Crippen molar-refractivity contribution in [2.45, 2.75) is 19.3 Å². The Morgan fingerprint density at radius 2 is 1.58 bits per heavy atom. The molecule has 33 heavy (non-hydrogen) atoms. The van der Waals surface area contributed by atoms with Crippen LogP contribution in [0.3, 0.4) is 0 Å². The maximum Gasteiger partial charge on any atom is 0.290 e. The highest BCUT2D eigenvalue weighted by molar-refractivity contribution is 6.06. The quantitative estimate of drug-likeness (QED) is 0.467. The summed E-state index contributed by atoms with van der Waals surface area (Å²) in [5, 5.41) is 9.21. The van der Waals surface area contributed by atoms with Crippen LogP contribution in [0.25, 0.3) is 16.5 Å². The second-order valence-corrected chi connectivity index (χ2v) is 7.75. The van der Waals surface area contributed by atoms with Crippen molar-refractivity contribution in [3.63, 3.8) is 0 Å². The molecule has 0 aliphatic heterocycles. The maximum absolute atomic E-state index is 13.3. The third kappa shape index (κ3) is 3.55. The molecule has 4 aromatic rings. The first-order valence-corrected chi connectivity index (χ1v) is 10.4. The summed E-state index contributed by atoms with van der Waals surface area (Å²) in [4.78, 5) is 37.9. The minimum absolute atomic E-state index is 0.00932. The van der Waals surface area contributed by atoms with E-state index in [1.165, 1.54) is 19.2 Å². The van der Waals surface area contributed by atoms with Gasteiger partial charge in [-0.3, -0.25) is 25.2 Å². The Hall–Kier alpha value is -4.34. The predicted molar refractivity (Wildman–Crippen MR) is 117 cm³/mol. The largest absolute Gasteiger partial charge is 0.290 e. The number of benzene rings is 2. The zero-order valence-corrected chi connectivity index (χ0v) is 17.6. The first kappa shape index (κ1) is 20.6. The highest BCUT2D eigenvalue weighted by Crippen LogP contribution is 2.27. The van der Waals surface area contributed by atoms with Crippen LogP contribution in [0, 0.1) is 5.82 Å². The molecular weight excluding hydrogens is 427 g/mol. The van der Waals surface area contributed by atoms with E-state index in [4.69, 9.17) is 0 Å². The van der Waals surface area contributed by atoms with E-state index in [-0.39, 0.29) is 22.8 Å². The summed E-state index contributed by atoms with van der Waals surface area (Å²) in [5.74, 6) is -1.59. The number of hydrazine groups is 1. The van der Waals surface area contributed by atoms with Gasteiger partial charge in [0.25, 0.3) is 17.4 Å². The van der Waals surface area contributed by atoms with Crippen molar-refractivity contribution in [3.05, 3.63) is 87.3 Å². The van der Waals surface area contributed by atoms with E-state index in [9.17, 15) is 18.8 Å². The van der Waals surface area contributed by atoms with E-state index in [1.807, 2.05) is 0 Å². The van der Waals surface area contributed by atoms with Crippen molar-refractivity contribution in [2.75, 3.05) is 0 Å². The fraction of sp³-hybridized carbons (Fsp3) is 0.174. The first-order chi connectivity index (χ1) is 15.9. The number of hydrogen-bond donors (Lipinski definition) is 2. The number of halogens is 1. The molecule has 2 heterocycles. The molecule has 1 aliphatic rings. The van der Waals surface area contributed by atoms with Crippen LogP contribution in [-0.2, 0) is 19.9 Å². The zero-order chi connectivity index (χ0) is 23.1. The molecule has 2 amide bonds. The molecule has 2 aromatic carbocycles. The van der Waals surface area contributed by atoms with Crippen LogP contribution in [-0.4, -0.2) is 31.4 Å². The maximum atomic E-state index is 13.3. The highest BCUT2D eigenvalue weighted by Gasteiger charge is 2.27. The molecular formula is C23H19FN6O3. The molecule has 166 valence electrons. The predicted octanol–water partition coefficient (Wildman–Crippen LogP) is 1.82. The lowest BCUT2D eigenvalue weighted by atomic mass is 10.1. The second-order valence-electron chi connectivity index (χ2n) is 7.75. The summed E-state index contributed by atoms with van der Waals surface area (Å²) in [7, 11) is 1.45. The van der Waals surface area contributed by atoms with Gasteiger partial charge >= 0.3 is 0 Å². The lowest BCUT2D eigenvalue weighted by molar-refractivity contribution is 0.0840. The third-order valence-corrected chi connectivity index (χ3v) is 5.68. The number of aromatic nitrogens is 4. The summed E-state index contributed by atoms with van der Waals surface area (Å²) in [6, 6.07) is 12.5. The molecule has 9 nitrogen and oxygen atoms in total. The standard InChI is InChI=1S/C23H19FN6O3/c1-29-23(33)16-6-3-2-5-15(16)19(27-29)21(31)25-26-22(32)20-17-7-4-8-18(17)30(28-20)14-11-9-13(24)10-12-14/h2-3,5-6,9-12H,4,7-8H2,1H3,(H,25,31)(H,26,32). The summed E-state index contributed by atoms with van der Waals surface area (Å²) in [6.45, 7) is 0. The third-order valence-electron chi connectivity index (χ3n) is 5.68. The van der Waals surface area contributed by atoms with Gasteiger partial charge in [0.1, 0.15) is 5.82 Å². The minimum Gasteiger partial charge on any atom is -0.267 e. The Balaban J connectivity index is 1.41. The van der Waals surface area contributed by atoms with Gasteiger partial charge < -0.3 is 0 Å². The number of rotatable bonds is 3. The van der Waals surface area contributed by atoms with Gasteiger partial charge in [-0.2, -0.15) is 10.2 Å². The van der Waals surface area contributed by atoms with Crippen molar-refractivity contribution in [2.24, 2.45) is 7.05 Å². The van der Waals surface area contributed by atoms with E-state index in [0.717, 1.165) is 28.8 Å². The number of carbonyl (C=O) groups excluding carboxylic acids is 2. The van der Waals surface area contributed by atoms with E-state index >= 15 is 0 Å². The van der Waals surface area contributed by atoms with Gasteiger partial charge in [-0.25, -0.2) is 13.8 Å². The smallest absolute Gasteiger partial charge is 0.267 e. The summed E-state index contributed by atoms with van der Waals surface area (Å²) in [6.07, 6.45) is 2.29. The average Bonchev–Trinajstić information content (AvgIpc) is 3.43. The molecule has 1 aliphatic carbocycles. The molecule has 0 saturated carbocycles. The molecule has 5 rings (SSSR count). The lowest BCUT2D eigenvalue weighted by Crippen LogP contribution is -2.43. The van der Waals surface area contributed by atoms with Crippen LogP contribution >= 0.6 is 0 Å². The summed E-state index contributed by atoms with van der Waals surface area (Å²) < 4.78 is 16.0. The Kier molecular flexibility index (Phi) is 4.97. The Morgan fingerprint density at radius 3 is 2.30 bits per heavy atom. The molecule has 2 N–H and O–H groups in total.